The average Bonchev–Trinajstić information content (AvgIpc) is 2.80. The quantitative estimate of drug-likeness (QED) is 0.900. The number of carboxylic acids is 1. The van der Waals surface area contributed by atoms with Gasteiger partial charge in [-0.25, -0.2) is 13.6 Å². The number of halogens is 2. The molecular weight excluding hydrogens is 242 g/mol. The Balaban J connectivity index is 2.09. The van der Waals surface area contributed by atoms with E-state index < -0.39 is 18.4 Å². The summed E-state index contributed by atoms with van der Waals surface area (Å²) in [6.07, 6.45) is -0.626. The van der Waals surface area contributed by atoms with E-state index in [1.54, 1.807) is 6.92 Å². The van der Waals surface area contributed by atoms with Gasteiger partial charge < -0.3 is 5.11 Å². The monoisotopic (exact) mass is 256 g/mol. The van der Waals surface area contributed by atoms with Gasteiger partial charge in [0.25, 0.3) is 6.43 Å². The molecule has 6 heteroatoms. The van der Waals surface area contributed by atoms with E-state index in [9.17, 15) is 13.6 Å². The molecule has 0 radical (unpaired) electrons. The van der Waals surface area contributed by atoms with E-state index in [4.69, 9.17) is 5.11 Å². The van der Waals surface area contributed by atoms with Crippen LogP contribution in [0, 0.1) is 5.92 Å². The van der Waals surface area contributed by atoms with Crippen LogP contribution >= 0.6 is 0 Å². The zero-order valence-electron chi connectivity index (χ0n) is 9.94. The number of aliphatic carboxylic acids is 1. The van der Waals surface area contributed by atoms with Gasteiger partial charge >= 0.3 is 5.97 Å². The molecule has 0 aromatic carbocycles. The molecule has 3 atom stereocenters. The van der Waals surface area contributed by atoms with Gasteiger partial charge in [-0.05, 0) is 31.1 Å². The summed E-state index contributed by atoms with van der Waals surface area (Å²) in [4.78, 5) is 11.2. The van der Waals surface area contributed by atoms with Crippen LogP contribution in [0.25, 0.3) is 0 Å². The lowest BCUT2D eigenvalue weighted by molar-refractivity contribution is -0.141. The first-order valence-corrected chi connectivity index (χ1v) is 6.16. The minimum Gasteiger partial charge on any atom is -0.480 e. The molecule has 4 nitrogen and oxygen atoms in total. The summed E-state index contributed by atoms with van der Waals surface area (Å²) in [6, 6.07) is -0.830. The maximum atomic E-state index is 13.0. The summed E-state index contributed by atoms with van der Waals surface area (Å²) in [5.74, 6) is -0.374. The number of carboxylic acid groups (broad SMARTS) is 1. The average molecular weight is 256 g/mol. The fraction of sp³-hybridized carbons (Fsp3) is 0.667. The Hall–Kier alpha value is -1.46. The fourth-order valence-corrected chi connectivity index (χ4v) is 3.06. The van der Waals surface area contributed by atoms with Gasteiger partial charge in [0.1, 0.15) is 11.7 Å². The standard InChI is InChI=1S/C12H14F2N2O2/c1-2-7(12(17)18)16-8-4-5-3-6(5)9(8)10(15-16)11(13)14/h5-7,11H,2-4H2,1H3,(H,17,18). The van der Waals surface area contributed by atoms with Crippen molar-refractivity contribution < 1.29 is 18.7 Å². The van der Waals surface area contributed by atoms with Crippen molar-refractivity contribution in [3.8, 4) is 0 Å². The molecule has 1 heterocycles. The van der Waals surface area contributed by atoms with Crippen molar-refractivity contribution in [3.63, 3.8) is 0 Å². The molecule has 0 bridgehead atoms. The first-order chi connectivity index (χ1) is 8.54. The number of carbonyl (C=O) groups is 1. The van der Waals surface area contributed by atoms with Gasteiger partial charge in [0.2, 0.25) is 0 Å². The van der Waals surface area contributed by atoms with Crippen molar-refractivity contribution in [2.45, 2.75) is 44.6 Å². The summed E-state index contributed by atoms with van der Waals surface area (Å²) in [7, 11) is 0. The second-order valence-corrected chi connectivity index (χ2v) is 5.06. The molecule has 0 spiro atoms. The van der Waals surface area contributed by atoms with Gasteiger partial charge in [-0.3, -0.25) is 4.68 Å². The molecule has 2 aliphatic rings. The zero-order chi connectivity index (χ0) is 13.0. The third kappa shape index (κ3) is 1.47. The second kappa shape index (κ2) is 3.76. The largest absolute Gasteiger partial charge is 0.480 e. The number of alkyl halides is 2. The Kier molecular flexibility index (Phi) is 2.43. The molecule has 2 aliphatic carbocycles. The minimum atomic E-state index is -2.62. The SMILES string of the molecule is CCC(C(=O)O)n1nc(C(F)F)c2c1CC1CC21. The highest BCUT2D eigenvalue weighted by Gasteiger charge is 2.50. The number of rotatable bonds is 4. The normalized spacial score (nSPS) is 26.0. The Labute approximate surface area is 103 Å². The topological polar surface area (TPSA) is 55.1 Å². The van der Waals surface area contributed by atoms with Crippen molar-refractivity contribution >= 4 is 5.97 Å². The van der Waals surface area contributed by atoms with Crippen LogP contribution in [0.15, 0.2) is 0 Å². The summed E-state index contributed by atoms with van der Waals surface area (Å²) in [5, 5.41) is 13.0. The molecular formula is C12H14F2N2O2. The van der Waals surface area contributed by atoms with E-state index in [1.807, 2.05) is 0 Å². The van der Waals surface area contributed by atoms with Gasteiger partial charge in [-0.1, -0.05) is 6.92 Å². The van der Waals surface area contributed by atoms with Gasteiger partial charge in [-0.15, -0.1) is 0 Å². The zero-order valence-corrected chi connectivity index (χ0v) is 9.94. The van der Waals surface area contributed by atoms with Crippen LogP contribution in [0.2, 0.25) is 0 Å². The minimum absolute atomic E-state index is 0.198. The lowest BCUT2D eigenvalue weighted by atomic mass is 10.1. The van der Waals surface area contributed by atoms with Crippen molar-refractivity contribution in [2.24, 2.45) is 5.92 Å². The number of hydrogen-bond acceptors (Lipinski definition) is 2. The third-order valence-corrected chi connectivity index (χ3v) is 4.00. The van der Waals surface area contributed by atoms with Crippen LogP contribution in [0.3, 0.4) is 0 Å². The molecule has 1 saturated carbocycles. The lowest BCUT2D eigenvalue weighted by Crippen LogP contribution is -2.21. The first-order valence-electron chi connectivity index (χ1n) is 6.16. The predicted molar refractivity (Wildman–Crippen MR) is 58.7 cm³/mol. The molecule has 1 N–H and O–H groups in total. The number of hydrogen-bond donors (Lipinski definition) is 1. The second-order valence-electron chi connectivity index (χ2n) is 5.06. The molecule has 18 heavy (non-hydrogen) atoms. The Bertz CT molecular complexity index is 512. The predicted octanol–water partition coefficient (Wildman–Crippen LogP) is 2.52. The van der Waals surface area contributed by atoms with E-state index in [0.29, 0.717) is 24.3 Å². The maximum absolute atomic E-state index is 13.0. The molecule has 0 saturated heterocycles. The summed E-state index contributed by atoms with van der Waals surface area (Å²) in [5.41, 5.74) is 1.16. The van der Waals surface area contributed by atoms with E-state index in [-0.39, 0.29) is 11.6 Å². The first kappa shape index (κ1) is 11.6. The summed E-state index contributed by atoms with van der Waals surface area (Å²) in [6.45, 7) is 1.73. The van der Waals surface area contributed by atoms with Gasteiger partial charge in [-0.2, -0.15) is 5.10 Å². The van der Waals surface area contributed by atoms with Crippen molar-refractivity contribution in [3.05, 3.63) is 17.0 Å². The third-order valence-electron chi connectivity index (χ3n) is 4.00. The molecule has 1 fully saturated rings. The molecule has 1 aromatic rings. The molecule has 3 unspecified atom stereocenters. The Morgan fingerprint density at radius 1 is 1.61 bits per heavy atom. The highest BCUT2D eigenvalue weighted by Crippen LogP contribution is 2.58. The molecule has 1 aromatic heterocycles. The summed E-state index contributed by atoms with van der Waals surface area (Å²) < 4.78 is 27.3. The van der Waals surface area contributed by atoms with Crippen LogP contribution < -0.4 is 0 Å². The highest BCUT2D eigenvalue weighted by atomic mass is 19.3. The van der Waals surface area contributed by atoms with Crippen LogP contribution in [-0.4, -0.2) is 20.9 Å². The van der Waals surface area contributed by atoms with Crippen LogP contribution in [0.5, 0.6) is 0 Å². The lowest BCUT2D eigenvalue weighted by Gasteiger charge is -2.13. The highest BCUT2D eigenvalue weighted by molar-refractivity contribution is 5.72. The smallest absolute Gasteiger partial charge is 0.328 e. The maximum Gasteiger partial charge on any atom is 0.328 e. The number of fused-ring (bicyclic) bond motifs is 3. The molecule has 0 amide bonds. The van der Waals surface area contributed by atoms with Crippen molar-refractivity contribution in [1.29, 1.82) is 0 Å². The van der Waals surface area contributed by atoms with Crippen molar-refractivity contribution in [2.75, 3.05) is 0 Å². The Morgan fingerprint density at radius 3 is 2.89 bits per heavy atom. The molecule has 0 aliphatic heterocycles. The van der Waals surface area contributed by atoms with E-state index in [1.165, 1.54) is 4.68 Å². The van der Waals surface area contributed by atoms with Gasteiger partial charge in [0, 0.05) is 11.3 Å². The van der Waals surface area contributed by atoms with E-state index >= 15 is 0 Å². The van der Waals surface area contributed by atoms with Crippen LogP contribution in [0.4, 0.5) is 8.78 Å². The van der Waals surface area contributed by atoms with Crippen molar-refractivity contribution in [1.82, 2.24) is 9.78 Å². The van der Waals surface area contributed by atoms with Gasteiger partial charge in [0.05, 0.1) is 0 Å². The van der Waals surface area contributed by atoms with Crippen LogP contribution in [0.1, 0.15) is 55.1 Å². The fourth-order valence-electron chi connectivity index (χ4n) is 3.06. The van der Waals surface area contributed by atoms with E-state index in [2.05, 4.69) is 5.10 Å². The van der Waals surface area contributed by atoms with E-state index in [0.717, 1.165) is 12.1 Å². The van der Waals surface area contributed by atoms with Crippen LogP contribution in [-0.2, 0) is 11.2 Å². The number of nitrogens with zero attached hydrogens (tertiary/aromatic N) is 2. The summed E-state index contributed by atoms with van der Waals surface area (Å²) >= 11 is 0. The van der Waals surface area contributed by atoms with Gasteiger partial charge in [0.15, 0.2) is 0 Å². The molecule has 3 rings (SSSR count). The molecule has 98 valence electrons. The number of aromatic nitrogens is 2. The Morgan fingerprint density at radius 2 is 2.33 bits per heavy atom.